The Bertz CT molecular complexity index is 289. The zero-order valence-corrected chi connectivity index (χ0v) is 10.1. The third kappa shape index (κ3) is 4.72. The van der Waals surface area contributed by atoms with Crippen molar-refractivity contribution in [3.8, 4) is 0 Å². The van der Waals surface area contributed by atoms with Crippen molar-refractivity contribution in [2.24, 2.45) is 11.7 Å². The number of nitrogens with zero attached hydrogens (tertiary/aromatic N) is 2. The van der Waals surface area contributed by atoms with E-state index in [1.165, 1.54) is 0 Å². The first kappa shape index (κ1) is 13.1. The number of nitrogens with two attached hydrogens (primary N) is 1. The van der Waals surface area contributed by atoms with Crippen LogP contribution in [0.5, 0.6) is 0 Å². The average Bonchev–Trinajstić information content (AvgIpc) is 2.74. The highest BCUT2D eigenvalue weighted by Crippen LogP contribution is 2.07. The van der Waals surface area contributed by atoms with Crippen LogP contribution in [0.2, 0.25) is 0 Å². The number of aryl methyl sites for hydroxylation is 1. The summed E-state index contributed by atoms with van der Waals surface area (Å²) >= 11 is 0. The van der Waals surface area contributed by atoms with Crippen LogP contribution >= 0.6 is 0 Å². The molecule has 0 aliphatic carbocycles. The van der Waals surface area contributed by atoms with Gasteiger partial charge in [-0.2, -0.15) is 4.98 Å². The SMILES string of the molecule is CCOCCc1noc(CCC(C)CN)n1. The van der Waals surface area contributed by atoms with Gasteiger partial charge in [-0.05, 0) is 25.8 Å². The van der Waals surface area contributed by atoms with E-state index < -0.39 is 0 Å². The van der Waals surface area contributed by atoms with Crippen molar-refractivity contribution in [3.05, 3.63) is 11.7 Å². The molecule has 1 unspecified atom stereocenters. The minimum atomic E-state index is 0.499. The smallest absolute Gasteiger partial charge is 0.226 e. The average molecular weight is 227 g/mol. The molecule has 5 nitrogen and oxygen atoms in total. The maximum absolute atomic E-state index is 5.54. The van der Waals surface area contributed by atoms with Gasteiger partial charge in [-0.3, -0.25) is 0 Å². The quantitative estimate of drug-likeness (QED) is 0.675. The maximum Gasteiger partial charge on any atom is 0.226 e. The number of rotatable bonds is 8. The minimum Gasteiger partial charge on any atom is -0.381 e. The molecule has 2 N–H and O–H groups in total. The molecule has 0 fully saturated rings. The van der Waals surface area contributed by atoms with E-state index in [0.717, 1.165) is 25.3 Å². The minimum absolute atomic E-state index is 0.499. The van der Waals surface area contributed by atoms with Gasteiger partial charge in [0.05, 0.1) is 6.61 Å². The standard InChI is InChI=1S/C11H21N3O2/c1-3-15-7-6-10-13-11(16-14-10)5-4-9(2)8-12/h9H,3-8,12H2,1-2H3. The van der Waals surface area contributed by atoms with Crippen molar-refractivity contribution >= 4 is 0 Å². The lowest BCUT2D eigenvalue weighted by Crippen LogP contribution is -2.11. The second kappa shape index (κ2) is 7.35. The Hall–Kier alpha value is -0.940. The summed E-state index contributed by atoms with van der Waals surface area (Å²) in [6, 6.07) is 0. The summed E-state index contributed by atoms with van der Waals surface area (Å²) in [5.74, 6) is 1.93. The highest BCUT2D eigenvalue weighted by atomic mass is 16.5. The van der Waals surface area contributed by atoms with E-state index in [4.69, 9.17) is 15.0 Å². The van der Waals surface area contributed by atoms with Crippen molar-refractivity contribution in [1.82, 2.24) is 10.1 Å². The molecule has 1 heterocycles. The van der Waals surface area contributed by atoms with Crippen LogP contribution < -0.4 is 5.73 Å². The van der Waals surface area contributed by atoms with Crippen LogP contribution in [0.4, 0.5) is 0 Å². The number of aromatic nitrogens is 2. The van der Waals surface area contributed by atoms with Crippen molar-refractivity contribution in [2.75, 3.05) is 19.8 Å². The molecule has 0 saturated carbocycles. The van der Waals surface area contributed by atoms with Gasteiger partial charge in [-0.15, -0.1) is 0 Å². The van der Waals surface area contributed by atoms with Gasteiger partial charge in [0.2, 0.25) is 5.89 Å². The highest BCUT2D eigenvalue weighted by molar-refractivity contribution is 4.87. The predicted octanol–water partition coefficient (Wildman–Crippen LogP) is 1.18. The summed E-state index contributed by atoms with van der Waals surface area (Å²) in [6.07, 6.45) is 2.51. The normalized spacial score (nSPS) is 12.9. The van der Waals surface area contributed by atoms with Gasteiger partial charge in [-0.1, -0.05) is 12.1 Å². The van der Waals surface area contributed by atoms with Crippen LogP contribution in [0.3, 0.4) is 0 Å². The lowest BCUT2D eigenvalue weighted by Gasteiger charge is -2.03. The van der Waals surface area contributed by atoms with Crippen molar-refractivity contribution in [1.29, 1.82) is 0 Å². The van der Waals surface area contributed by atoms with E-state index >= 15 is 0 Å². The molecule has 1 aromatic heterocycles. The van der Waals surface area contributed by atoms with Crippen LogP contribution in [-0.4, -0.2) is 29.9 Å². The highest BCUT2D eigenvalue weighted by Gasteiger charge is 2.07. The Balaban J connectivity index is 2.28. The van der Waals surface area contributed by atoms with Crippen LogP contribution in [-0.2, 0) is 17.6 Å². The molecule has 1 rings (SSSR count). The molecule has 0 saturated heterocycles. The van der Waals surface area contributed by atoms with Gasteiger partial charge in [0.1, 0.15) is 0 Å². The second-order valence-corrected chi connectivity index (χ2v) is 3.93. The van der Waals surface area contributed by atoms with Crippen molar-refractivity contribution in [2.45, 2.75) is 33.1 Å². The van der Waals surface area contributed by atoms with Crippen LogP contribution in [0, 0.1) is 5.92 Å². The molecule has 16 heavy (non-hydrogen) atoms. The maximum atomic E-state index is 5.54. The third-order valence-corrected chi connectivity index (χ3v) is 2.44. The number of hydrogen-bond acceptors (Lipinski definition) is 5. The first-order chi connectivity index (χ1) is 7.76. The first-order valence-electron chi connectivity index (χ1n) is 5.85. The van der Waals surface area contributed by atoms with Crippen LogP contribution in [0.25, 0.3) is 0 Å². The molecule has 92 valence electrons. The molecule has 5 heteroatoms. The van der Waals surface area contributed by atoms with Gasteiger partial charge < -0.3 is 15.0 Å². The fourth-order valence-electron chi connectivity index (χ4n) is 1.29. The third-order valence-electron chi connectivity index (χ3n) is 2.44. The molecule has 0 bridgehead atoms. The monoisotopic (exact) mass is 227 g/mol. The lowest BCUT2D eigenvalue weighted by molar-refractivity contribution is 0.149. The summed E-state index contributed by atoms with van der Waals surface area (Å²) in [7, 11) is 0. The molecular formula is C11H21N3O2. The van der Waals surface area contributed by atoms with E-state index in [2.05, 4.69) is 17.1 Å². The second-order valence-electron chi connectivity index (χ2n) is 3.93. The predicted molar refractivity (Wildman–Crippen MR) is 61.0 cm³/mol. The van der Waals surface area contributed by atoms with E-state index in [-0.39, 0.29) is 0 Å². The van der Waals surface area contributed by atoms with Gasteiger partial charge >= 0.3 is 0 Å². The van der Waals surface area contributed by atoms with Crippen LogP contribution in [0.1, 0.15) is 32.0 Å². The Morgan fingerprint density at radius 2 is 2.25 bits per heavy atom. The molecule has 0 radical (unpaired) electrons. The van der Waals surface area contributed by atoms with Gasteiger partial charge in [0, 0.05) is 19.4 Å². The van der Waals surface area contributed by atoms with Gasteiger partial charge in [0.25, 0.3) is 0 Å². The van der Waals surface area contributed by atoms with Gasteiger partial charge in [0.15, 0.2) is 5.82 Å². The van der Waals surface area contributed by atoms with Crippen LogP contribution in [0.15, 0.2) is 4.52 Å². The van der Waals surface area contributed by atoms with Crippen molar-refractivity contribution < 1.29 is 9.26 Å². The molecular weight excluding hydrogens is 206 g/mol. The van der Waals surface area contributed by atoms with E-state index in [1.54, 1.807) is 0 Å². The lowest BCUT2D eigenvalue weighted by atomic mass is 10.1. The molecule has 0 aliphatic rings. The fourth-order valence-corrected chi connectivity index (χ4v) is 1.29. The Kier molecular flexibility index (Phi) is 6.03. The summed E-state index contributed by atoms with van der Waals surface area (Å²) in [5.41, 5.74) is 5.54. The molecule has 1 atom stereocenters. The summed E-state index contributed by atoms with van der Waals surface area (Å²) in [6.45, 7) is 6.15. The zero-order chi connectivity index (χ0) is 11.8. The Morgan fingerprint density at radius 3 is 2.94 bits per heavy atom. The van der Waals surface area contributed by atoms with Gasteiger partial charge in [-0.25, -0.2) is 0 Å². The Labute approximate surface area is 96.4 Å². The zero-order valence-electron chi connectivity index (χ0n) is 10.1. The van der Waals surface area contributed by atoms with E-state index in [1.807, 2.05) is 6.92 Å². The summed E-state index contributed by atoms with van der Waals surface area (Å²) < 4.78 is 10.4. The first-order valence-corrected chi connectivity index (χ1v) is 5.85. The molecule has 0 aromatic carbocycles. The molecule has 0 amide bonds. The molecule has 1 aromatic rings. The number of hydrogen-bond donors (Lipinski definition) is 1. The Morgan fingerprint density at radius 1 is 1.44 bits per heavy atom. The largest absolute Gasteiger partial charge is 0.381 e. The summed E-state index contributed by atoms with van der Waals surface area (Å²) in [5, 5.41) is 3.89. The van der Waals surface area contributed by atoms with E-state index in [0.29, 0.717) is 31.4 Å². The molecule has 0 spiro atoms. The van der Waals surface area contributed by atoms with Crippen molar-refractivity contribution in [3.63, 3.8) is 0 Å². The fraction of sp³-hybridized carbons (Fsp3) is 0.818. The molecule has 0 aliphatic heterocycles. The van der Waals surface area contributed by atoms with E-state index in [9.17, 15) is 0 Å². The number of ether oxygens (including phenoxy) is 1. The topological polar surface area (TPSA) is 74.2 Å². The summed E-state index contributed by atoms with van der Waals surface area (Å²) in [4.78, 5) is 4.29.